The van der Waals surface area contributed by atoms with Crippen LogP contribution in [0.3, 0.4) is 0 Å². The molecule has 0 fully saturated rings. The number of rotatable bonds is 1. The number of aromatic nitrogens is 1. The Kier molecular flexibility index (Phi) is 4.41. The predicted octanol–water partition coefficient (Wildman–Crippen LogP) is 10.4. The SMILES string of the molecule is c1ccc2c(c1)Oc1cc(-c3ccc4ccccc4c3)ccc1C21c2ccccc2-n2c3ccccc3c3cccc1c32. The lowest BCUT2D eigenvalue weighted by atomic mass is 9.61. The number of benzene rings is 7. The molecule has 0 amide bonds. The van der Waals surface area contributed by atoms with Crippen molar-refractivity contribution in [2.75, 3.05) is 0 Å². The molecule has 1 spiro atoms. The molecule has 8 aromatic rings. The molecular weight excluding hydrogens is 522 g/mol. The Balaban J connectivity index is 1.33. The van der Waals surface area contributed by atoms with Gasteiger partial charge in [-0.1, -0.05) is 121 Å². The van der Waals surface area contributed by atoms with Gasteiger partial charge in [0.1, 0.15) is 11.5 Å². The lowest BCUT2D eigenvalue weighted by Crippen LogP contribution is -2.37. The average molecular weight is 548 g/mol. The summed E-state index contributed by atoms with van der Waals surface area (Å²) in [6.45, 7) is 0. The minimum absolute atomic E-state index is 0.535. The van der Waals surface area contributed by atoms with Crippen LogP contribution in [0.25, 0.3) is 49.4 Å². The number of hydrogen-bond donors (Lipinski definition) is 0. The third-order valence-electron chi connectivity index (χ3n) is 9.63. The largest absolute Gasteiger partial charge is 0.457 e. The molecule has 10 rings (SSSR count). The fraction of sp³-hybridized carbons (Fsp3) is 0.0244. The van der Waals surface area contributed by atoms with E-state index in [0.29, 0.717) is 0 Å². The van der Waals surface area contributed by atoms with Crippen LogP contribution in [0.1, 0.15) is 22.3 Å². The normalized spacial score (nSPS) is 16.2. The lowest BCUT2D eigenvalue weighted by molar-refractivity contribution is 0.434. The van der Waals surface area contributed by atoms with Crippen molar-refractivity contribution in [3.63, 3.8) is 0 Å². The van der Waals surface area contributed by atoms with Gasteiger partial charge in [0.25, 0.3) is 0 Å². The maximum atomic E-state index is 6.81. The van der Waals surface area contributed by atoms with Gasteiger partial charge in [-0.05, 0) is 63.4 Å². The van der Waals surface area contributed by atoms with Crippen molar-refractivity contribution in [1.29, 1.82) is 0 Å². The van der Waals surface area contributed by atoms with E-state index in [4.69, 9.17) is 4.74 Å². The van der Waals surface area contributed by atoms with Crippen LogP contribution in [0.4, 0.5) is 0 Å². The second kappa shape index (κ2) is 8.24. The molecular formula is C41H25NO. The van der Waals surface area contributed by atoms with Crippen molar-refractivity contribution in [2.45, 2.75) is 5.41 Å². The van der Waals surface area contributed by atoms with E-state index >= 15 is 0 Å². The van der Waals surface area contributed by atoms with Gasteiger partial charge in [0.15, 0.2) is 0 Å². The number of nitrogens with zero attached hydrogens (tertiary/aromatic N) is 1. The highest BCUT2D eigenvalue weighted by molar-refractivity contribution is 6.12. The zero-order chi connectivity index (χ0) is 28.1. The van der Waals surface area contributed by atoms with E-state index in [-0.39, 0.29) is 0 Å². The molecule has 2 aliphatic rings. The summed E-state index contributed by atoms with van der Waals surface area (Å²) in [4.78, 5) is 0. The van der Waals surface area contributed by atoms with Crippen LogP contribution >= 0.6 is 0 Å². The van der Waals surface area contributed by atoms with E-state index in [2.05, 4.69) is 156 Å². The standard InChI is InChI=1S/C41H25NO/c1-2-11-27-24-28(21-20-26(27)10-1)29-22-23-34-39(25-29)43-38-19-8-5-15-33(38)41(34)32-14-4-7-18-37(32)42-36-17-6-3-12-30(36)31-13-9-16-35(41)40(31)42/h1-25H. The van der Waals surface area contributed by atoms with Crippen molar-refractivity contribution < 1.29 is 4.74 Å². The molecule has 0 aliphatic carbocycles. The monoisotopic (exact) mass is 547 g/mol. The first kappa shape index (κ1) is 23.0. The lowest BCUT2D eigenvalue weighted by Gasteiger charge is -2.45. The summed E-state index contributed by atoms with van der Waals surface area (Å²) < 4.78 is 9.28. The Bertz CT molecular complexity index is 2450. The Morgan fingerprint density at radius 2 is 1.12 bits per heavy atom. The van der Waals surface area contributed by atoms with E-state index in [1.165, 1.54) is 66.1 Å². The summed E-state index contributed by atoms with van der Waals surface area (Å²) in [7, 11) is 0. The summed E-state index contributed by atoms with van der Waals surface area (Å²) in [6.07, 6.45) is 0. The van der Waals surface area contributed by atoms with E-state index in [9.17, 15) is 0 Å². The highest BCUT2D eigenvalue weighted by Crippen LogP contribution is 2.60. The third-order valence-corrected chi connectivity index (χ3v) is 9.63. The first-order valence-electron chi connectivity index (χ1n) is 14.9. The summed E-state index contributed by atoms with van der Waals surface area (Å²) in [5, 5.41) is 5.04. The molecule has 0 bridgehead atoms. The topological polar surface area (TPSA) is 14.2 Å². The van der Waals surface area contributed by atoms with E-state index in [0.717, 1.165) is 17.1 Å². The molecule has 43 heavy (non-hydrogen) atoms. The molecule has 0 N–H and O–H groups in total. The van der Waals surface area contributed by atoms with Crippen molar-refractivity contribution in [1.82, 2.24) is 4.57 Å². The van der Waals surface area contributed by atoms with Gasteiger partial charge in [-0.3, -0.25) is 0 Å². The maximum absolute atomic E-state index is 6.81. The highest BCUT2D eigenvalue weighted by Gasteiger charge is 2.50. The van der Waals surface area contributed by atoms with Crippen molar-refractivity contribution in [3.05, 3.63) is 174 Å². The Labute approximate surface area is 249 Å². The first-order valence-corrected chi connectivity index (χ1v) is 14.9. The maximum Gasteiger partial charge on any atom is 0.132 e. The van der Waals surface area contributed by atoms with E-state index in [1.807, 2.05) is 0 Å². The van der Waals surface area contributed by atoms with E-state index < -0.39 is 5.41 Å². The molecule has 2 aliphatic heterocycles. The number of fused-ring (bicyclic) bond motifs is 12. The van der Waals surface area contributed by atoms with Gasteiger partial charge in [-0.15, -0.1) is 0 Å². The van der Waals surface area contributed by atoms with Gasteiger partial charge in [0, 0.05) is 21.9 Å². The molecule has 1 unspecified atom stereocenters. The fourth-order valence-corrected chi connectivity index (χ4v) is 7.88. The predicted molar refractivity (Wildman–Crippen MR) is 176 cm³/mol. The van der Waals surface area contributed by atoms with E-state index in [1.54, 1.807) is 0 Å². The number of para-hydroxylation sites is 4. The van der Waals surface area contributed by atoms with Gasteiger partial charge >= 0.3 is 0 Å². The zero-order valence-corrected chi connectivity index (χ0v) is 23.3. The highest BCUT2D eigenvalue weighted by atomic mass is 16.5. The molecule has 7 aromatic carbocycles. The van der Waals surface area contributed by atoms with Gasteiger partial charge in [-0.2, -0.15) is 0 Å². The van der Waals surface area contributed by atoms with Gasteiger partial charge in [0.05, 0.1) is 22.1 Å². The minimum Gasteiger partial charge on any atom is -0.457 e. The van der Waals surface area contributed by atoms with Gasteiger partial charge in [-0.25, -0.2) is 0 Å². The van der Waals surface area contributed by atoms with Crippen LogP contribution < -0.4 is 4.74 Å². The van der Waals surface area contributed by atoms with Crippen LogP contribution in [0.15, 0.2) is 152 Å². The third kappa shape index (κ3) is 2.88. The Morgan fingerprint density at radius 1 is 0.442 bits per heavy atom. The van der Waals surface area contributed by atoms with Crippen LogP contribution in [0.2, 0.25) is 0 Å². The summed E-state index contributed by atoms with van der Waals surface area (Å²) in [6, 6.07) is 55.2. The molecule has 3 heterocycles. The fourth-order valence-electron chi connectivity index (χ4n) is 7.88. The van der Waals surface area contributed by atoms with Crippen LogP contribution in [-0.4, -0.2) is 4.57 Å². The average Bonchev–Trinajstić information content (AvgIpc) is 3.41. The Hall–Kier alpha value is -5.60. The molecule has 1 aromatic heterocycles. The number of hydrogen-bond acceptors (Lipinski definition) is 1. The second-order valence-corrected chi connectivity index (χ2v) is 11.7. The van der Waals surface area contributed by atoms with Crippen LogP contribution in [0, 0.1) is 0 Å². The Morgan fingerprint density at radius 3 is 2.07 bits per heavy atom. The van der Waals surface area contributed by atoms with Crippen molar-refractivity contribution in [2.24, 2.45) is 0 Å². The molecule has 200 valence electrons. The van der Waals surface area contributed by atoms with Crippen LogP contribution in [0.5, 0.6) is 11.5 Å². The first-order chi connectivity index (χ1) is 21.3. The molecule has 1 atom stereocenters. The summed E-state index contributed by atoms with van der Waals surface area (Å²) >= 11 is 0. The van der Waals surface area contributed by atoms with Gasteiger partial charge in [0.2, 0.25) is 0 Å². The minimum atomic E-state index is -0.535. The molecule has 0 radical (unpaired) electrons. The molecule has 2 nitrogen and oxygen atoms in total. The number of ether oxygens (including phenoxy) is 1. The second-order valence-electron chi connectivity index (χ2n) is 11.7. The molecule has 0 saturated carbocycles. The summed E-state index contributed by atoms with van der Waals surface area (Å²) in [5.74, 6) is 1.81. The van der Waals surface area contributed by atoms with Crippen LogP contribution in [-0.2, 0) is 5.41 Å². The zero-order valence-electron chi connectivity index (χ0n) is 23.3. The van der Waals surface area contributed by atoms with Crippen molar-refractivity contribution >= 4 is 32.6 Å². The smallest absolute Gasteiger partial charge is 0.132 e. The molecule has 0 saturated heterocycles. The summed E-state index contributed by atoms with van der Waals surface area (Å²) in [5.41, 5.74) is 10.4. The van der Waals surface area contributed by atoms with Crippen molar-refractivity contribution in [3.8, 4) is 28.3 Å². The molecule has 2 heteroatoms. The quantitative estimate of drug-likeness (QED) is 0.199. The van der Waals surface area contributed by atoms with Gasteiger partial charge < -0.3 is 9.30 Å².